The van der Waals surface area contributed by atoms with Crippen LogP contribution in [0.15, 0.2) is 24.5 Å². The molecule has 2 aromatic rings. The second kappa shape index (κ2) is 5.01. The van der Waals surface area contributed by atoms with Crippen molar-refractivity contribution in [3.8, 4) is 0 Å². The predicted octanol–water partition coefficient (Wildman–Crippen LogP) is 2.79. The number of hydrogen-bond acceptors (Lipinski definition) is 3. The molecule has 0 aliphatic heterocycles. The number of halogens is 1. The molecule has 1 N–H and O–H groups in total. The number of pyridine rings is 1. The minimum absolute atomic E-state index is 0.360. The average Bonchev–Trinajstić information content (AvgIpc) is 2.71. The minimum atomic E-state index is -0.373. The van der Waals surface area contributed by atoms with Gasteiger partial charge in [0.15, 0.2) is 0 Å². The maximum absolute atomic E-state index is 11.2. The van der Waals surface area contributed by atoms with Gasteiger partial charge >= 0.3 is 5.97 Å². The van der Waals surface area contributed by atoms with E-state index in [0.717, 1.165) is 10.9 Å². The Morgan fingerprint density at radius 1 is 1.65 bits per heavy atom. The van der Waals surface area contributed by atoms with Gasteiger partial charge in [0, 0.05) is 29.4 Å². The summed E-state index contributed by atoms with van der Waals surface area (Å²) in [5.41, 5.74) is 1.51. The fraction of sp³-hybridized carbons (Fsp3) is 0.167. The van der Waals surface area contributed by atoms with E-state index in [1.165, 1.54) is 6.08 Å². The number of aromatic nitrogens is 2. The molecule has 0 bridgehead atoms. The summed E-state index contributed by atoms with van der Waals surface area (Å²) >= 11 is 6.07. The van der Waals surface area contributed by atoms with E-state index in [2.05, 4.69) is 9.97 Å². The number of hydrogen-bond donors (Lipinski definition) is 1. The Bertz CT molecular complexity index is 575. The van der Waals surface area contributed by atoms with E-state index in [4.69, 9.17) is 16.3 Å². The molecule has 0 fully saturated rings. The van der Waals surface area contributed by atoms with Gasteiger partial charge in [0.05, 0.1) is 11.6 Å². The van der Waals surface area contributed by atoms with Gasteiger partial charge < -0.3 is 9.72 Å². The topological polar surface area (TPSA) is 55.0 Å². The number of H-pyrrole nitrogens is 1. The Morgan fingerprint density at radius 3 is 3.24 bits per heavy atom. The Hall–Kier alpha value is -1.81. The molecule has 0 amide bonds. The van der Waals surface area contributed by atoms with Crippen molar-refractivity contribution in [1.82, 2.24) is 9.97 Å². The number of nitrogens with zero attached hydrogens (tertiary/aromatic N) is 1. The number of ether oxygens (including phenoxy) is 1. The lowest BCUT2D eigenvalue weighted by Crippen LogP contribution is -1.98. The summed E-state index contributed by atoms with van der Waals surface area (Å²) in [4.78, 5) is 18.3. The van der Waals surface area contributed by atoms with Gasteiger partial charge in [-0.2, -0.15) is 0 Å². The highest BCUT2D eigenvalue weighted by Gasteiger charge is 2.06. The van der Waals surface area contributed by atoms with E-state index < -0.39 is 0 Å². The molecule has 0 saturated carbocycles. The molecule has 2 aromatic heterocycles. The first kappa shape index (κ1) is 11.7. The molecule has 0 unspecified atom stereocenters. The molecule has 0 spiro atoms. The van der Waals surface area contributed by atoms with Gasteiger partial charge in [-0.3, -0.25) is 0 Å². The van der Waals surface area contributed by atoms with E-state index in [0.29, 0.717) is 17.3 Å². The van der Waals surface area contributed by atoms with E-state index >= 15 is 0 Å². The summed E-state index contributed by atoms with van der Waals surface area (Å²) in [6.07, 6.45) is 6.40. The number of rotatable bonds is 3. The van der Waals surface area contributed by atoms with Crippen molar-refractivity contribution in [3.63, 3.8) is 0 Å². The minimum Gasteiger partial charge on any atom is -0.463 e. The van der Waals surface area contributed by atoms with Crippen molar-refractivity contribution in [1.29, 1.82) is 0 Å². The van der Waals surface area contributed by atoms with Crippen LogP contribution in [0.4, 0.5) is 0 Å². The highest BCUT2D eigenvalue weighted by molar-refractivity contribution is 6.35. The molecule has 5 heteroatoms. The molecular weight excluding hydrogens is 240 g/mol. The quantitative estimate of drug-likeness (QED) is 0.673. The molecule has 2 heterocycles. The predicted molar refractivity (Wildman–Crippen MR) is 66.8 cm³/mol. The lowest BCUT2D eigenvalue weighted by Gasteiger charge is -1.96. The van der Waals surface area contributed by atoms with Gasteiger partial charge in [0.1, 0.15) is 5.65 Å². The zero-order chi connectivity index (χ0) is 12.3. The van der Waals surface area contributed by atoms with Crippen molar-refractivity contribution in [2.75, 3.05) is 6.61 Å². The third-order valence-corrected chi connectivity index (χ3v) is 2.55. The Balaban J connectivity index is 2.34. The molecule has 0 aliphatic rings. The zero-order valence-corrected chi connectivity index (χ0v) is 9.99. The van der Waals surface area contributed by atoms with Crippen molar-refractivity contribution >= 4 is 34.7 Å². The maximum atomic E-state index is 11.2. The van der Waals surface area contributed by atoms with E-state index in [1.807, 2.05) is 0 Å². The van der Waals surface area contributed by atoms with Crippen LogP contribution in [0.5, 0.6) is 0 Å². The number of carbonyl (C=O) groups is 1. The Morgan fingerprint density at radius 2 is 2.47 bits per heavy atom. The lowest BCUT2D eigenvalue weighted by atomic mass is 10.2. The summed E-state index contributed by atoms with van der Waals surface area (Å²) in [7, 11) is 0. The monoisotopic (exact) mass is 250 g/mol. The first-order valence-corrected chi connectivity index (χ1v) is 5.56. The molecule has 0 atom stereocenters. The third kappa shape index (κ3) is 2.47. The first-order chi connectivity index (χ1) is 8.22. The van der Waals surface area contributed by atoms with Gasteiger partial charge in [0.2, 0.25) is 0 Å². The molecule has 0 saturated heterocycles. The van der Waals surface area contributed by atoms with Crippen LogP contribution in [0, 0.1) is 0 Å². The SMILES string of the molecule is CCOC(=O)C=Cc1c[nH]c2nccc(Cl)c12. The number of fused-ring (bicyclic) bond motifs is 1. The molecule has 2 rings (SSSR count). The highest BCUT2D eigenvalue weighted by Crippen LogP contribution is 2.25. The molecule has 88 valence electrons. The fourth-order valence-electron chi connectivity index (χ4n) is 1.52. The second-order valence-electron chi connectivity index (χ2n) is 3.35. The Kier molecular flexibility index (Phi) is 3.44. The van der Waals surface area contributed by atoms with Crippen LogP contribution >= 0.6 is 11.6 Å². The smallest absolute Gasteiger partial charge is 0.330 e. The second-order valence-corrected chi connectivity index (χ2v) is 3.75. The summed E-state index contributed by atoms with van der Waals surface area (Å²) in [6.45, 7) is 2.12. The van der Waals surface area contributed by atoms with Crippen LogP contribution in [0.1, 0.15) is 12.5 Å². The summed E-state index contributed by atoms with van der Waals surface area (Å²) in [5.74, 6) is -0.373. The van der Waals surface area contributed by atoms with Crippen LogP contribution in [0.25, 0.3) is 17.1 Å². The van der Waals surface area contributed by atoms with Crippen molar-refractivity contribution in [2.24, 2.45) is 0 Å². The van der Waals surface area contributed by atoms with Gasteiger partial charge in [0.25, 0.3) is 0 Å². The van der Waals surface area contributed by atoms with Crippen LogP contribution in [0.3, 0.4) is 0 Å². The molecule has 4 nitrogen and oxygen atoms in total. The zero-order valence-electron chi connectivity index (χ0n) is 9.24. The van der Waals surface area contributed by atoms with Crippen molar-refractivity contribution in [2.45, 2.75) is 6.92 Å². The van der Waals surface area contributed by atoms with Gasteiger partial charge in [-0.15, -0.1) is 0 Å². The number of carbonyl (C=O) groups excluding carboxylic acids is 1. The maximum Gasteiger partial charge on any atom is 0.330 e. The summed E-state index contributed by atoms with van der Waals surface area (Å²) < 4.78 is 4.80. The van der Waals surface area contributed by atoms with Crippen LogP contribution < -0.4 is 0 Å². The van der Waals surface area contributed by atoms with E-state index in [1.54, 1.807) is 31.5 Å². The van der Waals surface area contributed by atoms with Crippen molar-refractivity contribution in [3.05, 3.63) is 35.1 Å². The van der Waals surface area contributed by atoms with Crippen molar-refractivity contribution < 1.29 is 9.53 Å². The van der Waals surface area contributed by atoms with Crippen LogP contribution in [-0.2, 0) is 9.53 Å². The van der Waals surface area contributed by atoms with Gasteiger partial charge in [-0.1, -0.05) is 11.6 Å². The standard InChI is InChI=1S/C12H11ClN2O2/c1-2-17-10(16)4-3-8-7-15-12-11(8)9(13)5-6-14-12/h3-7H,2H2,1H3,(H,14,15). The number of nitrogens with one attached hydrogen (secondary N) is 1. The van der Waals surface area contributed by atoms with Crippen LogP contribution in [0.2, 0.25) is 5.02 Å². The molecule has 17 heavy (non-hydrogen) atoms. The number of esters is 1. The Labute approximate surface area is 103 Å². The summed E-state index contributed by atoms with van der Waals surface area (Å²) in [5, 5.41) is 1.40. The summed E-state index contributed by atoms with van der Waals surface area (Å²) in [6, 6.07) is 1.71. The molecular formula is C12H11ClN2O2. The lowest BCUT2D eigenvalue weighted by molar-refractivity contribution is -0.137. The molecule has 0 radical (unpaired) electrons. The fourth-order valence-corrected chi connectivity index (χ4v) is 1.78. The third-order valence-electron chi connectivity index (χ3n) is 2.24. The first-order valence-electron chi connectivity index (χ1n) is 5.18. The highest BCUT2D eigenvalue weighted by atomic mass is 35.5. The number of aromatic amines is 1. The largest absolute Gasteiger partial charge is 0.463 e. The van der Waals surface area contributed by atoms with Gasteiger partial charge in [-0.05, 0) is 19.1 Å². The normalized spacial score (nSPS) is 11.2. The molecule has 0 aromatic carbocycles. The average molecular weight is 251 g/mol. The van der Waals surface area contributed by atoms with Gasteiger partial charge in [-0.25, -0.2) is 9.78 Å². The molecule has 0 aliphatic carbocycles. The van der Waals surface area contributed by atoms with E-state index in [9.17, 15) is 4.79 Å². The van der Waals surface area contributed by atoms with Crippen LogP contribution in [-0.4, -0.2) is 22.5 Å². The van der Waals surface area contributed by atoms with E-state index in [-0.39, 0.29) is 5.97 Å².